The molecule has 2 heterocycles. The molecule has 0 aliphatic heterocycles. The van der Waals surface area contributed by atoms with Gasteiger partial charge in [-0.05, 0) is 36.7 Å². The fourth-order valence-electron chi connectivity index (χ4n) is 3.26. The number of carboxylic acid groups (broad SMARTS) is 1. The number of hydrogen-bond donors (Lipinski definition) is 3. The van der Waals surface area contributed by atoms with Gasteiger partial charge in [0.15, 0.2) is 8.32 Å². The molecule has 9 nitrogen and oxygen atoms in total. The van der Waals surface area contributed by atoms with E-state index in [9.17, 15) is 14.7 Å². The van der Waals surface area contributed by atoms with E-state index >= 15 is 0 Å². The number of pyridine rings is 1. The summed E-state index contributed by atoms with van der Waals surface area (Å²) in [6.45, 7) is 21.1. The van der Waals surface area contributed by atoms with Gasteiger partial charge in [0, 0.05) is 11.8 Å². The molecule has 2 atom stereocenters. The Morgan fingerprint density at radius 3 is 2.58 bits per heavy atom. The van der Waals surface area contributed by atoms with Crippen LogP contribution in [0.1, 0.15) is 45.9 Å². The molecule has 2 rings (SSSR count). The predicted octanol–water partition coefficient (Wildman–Crippen LogP) is 5.61. The molecule has 2 amide bonds. The lowest BCUT2D eigenvalue weighted by molar-refractivity contribution is -0.118. The van der Waals surface area contributed by atoms with Crippen molar-refractivity contribution in [2.24, 2.45) is 5.92 Å². The number of carbonyl (C=O) groups excluding carboxylic acids is 1. The van der Waals surface area contributed by atoms with E-state index in [-0.39, 0.29) is 16.9 Å². The Kier molecular flexibility index (Phi) is 9.77. The molecule has 2 aromatic rings. The average molecular weight is 514 g/mol. The molecular formula is C26H39N5O4Si. The van der Waals surface area contributed by atoms with Crippen molar-refractivity contribution in [1.29, 1.82) is 0 Å². The summed E-state index contributed by atoms with van der Waals surface area (Å²) in [4.78, 5) is 28.3. The minimum Gasteiger partial charge on any atom is -0.465 e. The first kappa shape index (κ1) is 29.0. The van der Waals surface area contributed by atoms with E-state index < -0.39 is 20.5 Å². The second-order valence-corrected chi connectivity index (χ2v) is 15.1. The van der Waals surface area contributed by atoms with Gasteiger partial charge in [-0.15, -0.1) is 13.2 Å². The lowest BCUT2D eigenvalue weighted by Crippen LogP contribution is -2.41. The molecule has 10 heteroatoms. The van der Waals surface area contributed by atoms with Crippen LogP contribution in [-0.2, 0) is 15.8 Å². The van der Waals surface area contributed by atoms with Crippen LogP contribution in [0.25, 0.3) is 11.3 Å². The van der Waals surface area contributed by atoms with Gasteiger partial charge in [0.25, 0.3) is 0 Å². The lowest BCUT2D eigenvalue weighted by Gasteiger charge is -2.36. The van der Waals surface area contributed by atoms with E-state index in [1.807, 2.05) is 6.07 Å². The Bertz CT molecular complexity index is 1090. The summed E-state index contributed by atoms with van der Waals surface area (Å²) in [5.74, 6) is -0.581. The van der Waals surface area contributed by atoms with Crippen LogP contribution < -0.4 is 10.6 Å². The van der Waals surface area contributed by atoms with Crippen molar-refractivity contribution < 1.29 is 19.1 Å². The maximum absolute atomic E-state index is 12.6. The Morgan fingerprint density at radius 2 is 2.00 bits per heavy atom. The topological polar surface area (TPSA) is 118 Å². The van der Waals surface area contributed by atoms with Gasteiger partial charge in [0.05, 0.1) is 48.4 Å². The summed E-state index contributed by atoms with van der Waals surface area (Å²) in [6, 6.07) is 3.06. The largest absolute Gasteiger partial charge is 0.465 e. The standard InChI is InChI=1S/C26H39N5O4Si/c1-9-11-20(30-25(33)34)21-16-19(12-13-27-21)23-22(29-24(32)18(3)10-2)17-28-31(23)14-15-35-36(7,8)26(4,5)6/h9-10,12-13,16-18,20,30H,1-2,11,14-15H2,3-8H3,(H,29,32)(H,33,34)/t18?,20-/m0/s1. The maximum atomic E-state index is 12.6. The fraction of sp³-hybridized carbons (Fsp3) is 0.462. The van der Waals surface area contributed by atoms with Crippen molar-refractivity contribution in [2.45, 2.75) is 64.8 Å². The smallest absolute Gasteiger partial charge is 0.405 e. The number of carbonyl (C=O) groups is 2. The molecule has 2 aromatic heterocycles. The molecule has 0 aromatic carbocycles. The number of nitrogens with one attached hydrogen (secondary N) is 2. The minimum atomic E-state index is -1.95. The molecule has 0 spiro atoms. The molecule has 0 bridgehead atoms. The van der Waals surface area contributed by atoms with Gasteiger partial charge in [0.2, 0.25) is 5.91 Å². The van der Waals surface area contributed by atoms with Gasteiger partial charge in [-0.1, -0.05) is 39.8 Å². The first-order valence-corrected chi connectivity index (χ1v) is 14.9. The van der Waals surface area contributed by atoms with E-state index in [2.05, 4.69) is 67.7 Å². The zero-order chi connectivity index (χ0) is 27.1. The molecule has 0 aliphatic rings. The molecular weight excluding hydrogens is 474 g/mol. The monoisotopic (exact) mass is 513 g/mol. The number of hydrogen-bond acceptors (Lipinski definition) is 5. The van der Waals surface area contributed by atoms with Crippen LogP contribution in [0.15, 0.2) is 49.8 Å². The Morgan fingerprint density at radius 1 is 1.31 bits per heavy atom. The van der Waals surface area contributed by atoms with Crippen LogP contribution in [0.2, 0.25) is 18.1 Å². The van der Waals surface area contributed by atoms with Crippen LogP contribution >= 0.6 is 0 Å². The zero-order valence-electron chi connectivity index (χ0n) is 22.2. The third kappa shape index (κ3) is 7.38. The lowest BCUT2D eigenvalue weighted by atomic mass is 10.0. The summed E-state index contributed by atoms with van der Waals surface area (Å²) in [5.41, 5.74) is 2.52. The number of aromatic nitrogens is 3. The van der Waals surface area contributed by atoms with E-state index in [1.54, 1.807) is 42.2 Å². The van der Waals surface area contributed by atoms with Crippen molar-refractivity contribution in [3.63, 3.8) is 0 Å². The van der Waals surface area contributed by atoms with Crippen LogP contribution in [0.4, 0.5) is 10.5 Å². The highest BCUT2D eigenvalue weighted by Crippen LogP contribution is 2.37. The van der Waals surface area contributed by atoms with Crippen LogP contribution in [0.3, 0.4) is 0 Å². The van der Waals surface area contributed by atoms with E-state index in [0.29, 0.717) is 36.6 Å². The van der Waals surface area contributed by atoms with Gasteiger partial charge in [-0.3, -0.25) is 14.5 Å². The first-order valence-electron chi connectivity index (χ1n) is 12.0. The number of amides is 2. The summed E-state index contributed by atoms with van der Waals surface area (Å²) in [7, 11) is -1.95. The van der Waals surface area contributed by atoms with Crippen molar-refractivity contribution in [1.82, 2.24) is 20.1 Å². The van der Waals surface area contributed by atoms with Gasteiger partial charge in [-0.25, -0.2) is 4.79 Å². The molecule has 0 saturated heterocycles. The Labute approximate surface area is 214 Å². The third-order valence-corrected chi connectivity index (χ3v) is 11.1. The predicted molar refractivity (Wildman–Crippen MR) is 145 cm³/mol. The normalized spacial score (nSPS) is 13.5. The summed E-state index contributed by atoms with van der Waals surface area (Å²) < 4.78 is 8.15. The Balaban J connectivity index is 2.46. The molecule has 1 unspecified atom stereocenters. The molecule has 196 valence electrons. The van der Waals surface area contributed by atoms with Crippen LogP contribution in [0, 0.1) is 5.92 Å². The van der Waals surface area contributed by atoms with Crippen molar-refractivity contribution in [3.8, 4) is 11.3 Å². The molecule has 0 aliphatic carbocycles. The summed E-state index contributed by atoms with van der Waals surface area (Å²) in [6.07, 6.45) is 5.68. The summed E-state index contributed by atoms with van der Waals surface area (Å²) in [5, 5.41) is 19.3. The summed E-state index contributed by atoms with van der Waals surface area (Å²) >= 11 is 0. The van der Waals surface area contributed by atoms with Crippen molar-refractivity contribution in [3.05, 3.63) is 55.5 Å². The van der Waals surface area contributed by atoms with Crippen molar-refractivity contribution >= 4 is 26.0 Å². The average Bonchev–Trinajstić information content (AvgIpc) is 3.19. The highest BCUT2D eigenvalue weighted by molar-refractivity contribution is 6.74. The zero-order valence-corrected chi connectivity index (χ0v) is 23.2. The second-order valence-electron chi connectivity index (χ2n) is 10.2. The van der Waals surface area contributed by atoms with Gasteiger partial charge in [-0.2, -0.15) is 5.10 Å². The number of anilines is 1. The molecule has 0 radical (unpaired) electrons. The number of rotatable bonds is 12. The van der Waals surface area contributed by atoms with Crippen LogP contribution in [-0.4, -0.2) is 46.8 Å². The maximum Gasteiger partial charge on any atom is 0.405 e. The Hall–Kier alpha value is -3.24. The van der Waals surface area contributed by atoms with Crippen LogP contribution in [0.5, 0.6) is 0 Å². The highest BCUT2D eigenvalue weighted by atomic mass is 28.4. The van der Waals surface area contributed by atoms with E-state index in [0.717, 1.165) is 5.56 Å². The van der Waals surface area contributed by atoms with Gasteiger partial charge in [0.1, 0.15) is 0 Å². The SMILES string of the molecule is C=CC[C@H](NC(=O)O)c1cc(-c2c(NC(=O)C(C)C=C)cnn2CCO[Si](C)(C)C(C)(C)C)ccn1. The van der Waals surface area contributed by atoms with Gasteiger partial charge >= 0.3 is 6.09 Å². The molecule has 3 N–H and O–H groups in total. The van der Waals surface area contributed by atoms with Crippen molar-refractivity contribution in [2.75, 3.05) is 11.9 Å². The third-order valence-electron chi connectivity index (χ3n) is 6.55. The first-order chi connectivity index (χ1) is 16.8. The second kappa shape index (κ2) is 12.1. The van der Waals surface area contributed by atoms with E-state index in [4.69, 9.17) is 4.43 Å². The van der Waals surface area contributed by atoms with Gasteiger partial charge < -0.3 is 20.2 Å². The molecule has 36 heavy (non-hydrogen) atoms. The molecule has 0 fully saturated rings. The minimum absolute atomic E-state index is 0.0806. The van der Waals surface area contributed by atoms with E-state index in [1.165, 1.54) is 0 Å². The highest BCUT2D eigenvalue weighted by Gasteiger charge is 2.37. The quantitative estimate of drug-likeness (QED) is 0.251. The molecule has 0 saturated carbocycles. The fourth-order valence-corrected chi connectivity index (χ4v) is 4.30. The number of nitrogens with zero attached hydrogens (tertiary/aromatic N) is 3.